The molecule has 0 saturated heterocycles. The molecule has 100 valence electrons. The standard InChI is InChI=1S/C18H17FN/c1-12-8-9-17-15(10-12)16(19)11-18(20(17)3)14-7-5-4-6-13(14)2/h4-11H,1-3H3/q+1. The van der Waals surface area contributed by atoms with E-state index >= 15 is 0 Å². The van der Waals surface area contributed by atoms with Crippen molar-refractivity contribution in [2.45, 2.75) is 13.8 Å². The molecule has 2 aromatic carbocycles. The Hall–Kier alpha value is -2.22. The zero-order chi connectivity index (χ0) is 14.3. The van der Waals surface area contributed by atoms with Gasteiger partial charge in [0.25, 0.3) is 0 Å². The van der Waals surface area contributed by atoms with Crippen molar-refractivity contribution >= 4 is 10.9 Å². The van der Waals surface area contributed by atoms with Gasteiger partial charge in [0.2, 0.25) is 11.2 Å². The zero-order valence-electron chi connectivity index (χ0n) is 11.9. The van der Waals surface area contributed by atoms with Crippen LogP contribution in [0.3, 0.4) is 0 Å². The summed E-state index contributed by atoms with van der Waals surface area (Å²) in [4.78, 5) is 0. The maximum absolute atomic E-state index is 14.4. The Morgan fingerprint density at radius 3 is 2.45 bits per heavy atom. The molecule has 1 heterocycles. The number of halogens is 1. The quantitative estimate of drug-likeness (QED) is 0.584. The van der Waals surface area contributed by atoms with Crippen LogP contribution in [-0.2, 0) is 7.05 Å². The highest BCUT2D eigenvalue weighted by atomic mass is 19.1. The number of nitrogens with zero attached hydrogens (tertiary/aromatic N) is 1. The maximum atomic E-state index is 14.4. The van der Waals surface area contributed by atoms with Crippen molar-refractivity contribution in [3.05, 3.63) is 65.5 Å². The predicted octanol–water partition coefficient (Wildman–Crippen LogP) is 4.09. The van der Waals surface area contributed by atoms with Gasteiger partial charge in [-0.3, -0.25) is 0 Å². The highest BCUT2D eigenvalue weighted by Crippen LogP contribution is 2.25. The van der Waals surface area contributed by atoms with Crippen LogP contribution in [0.4, 0.5) is 4.39 Å². The minimum absolute atomic E-state index is 0.167. The molecule has 0 amide bonds. The Morgan fingerprint density at radius 2 is 1.70 bits per heavy atom. The van der Waals surface area contributed by atoms with Crippen molar-refractivity contribution in [1.29, 1.82) is 0 Å². The Labute approximate surface area is 118 Å². The molecule has 0 aliphatic heterocycles. The topological polar surface area (TPSA) is 3.88 Å². The molecule has 0 saturated carbocycles. The summed E-state index contributed by atoms with van der Waals surface area (Å²) in [7, 11) is 1.98. The van der Waals surface area contributed by atoms with E-state index in [4.69, 9.17) is 0 Å². The summed E-state index contributed by atoms with van der Waals surface area (Å²) in [6.45, 7) is 4.03. The van der Waals surface area contributed by atoms with Crippen LogP contribution >= 0.6 is 0 Å². The number of pyridine rings is 1. The molecular weight excluding hydrogens is 249 g/mol. The molecule has 0 bridgehead atoms. The van der Waals surface area contributed by atoms with Crippen LogP contribution in [-0.4, -0.2) is 0 Å². The first kappa shape index (κ1) is 12.8. The minimum Gasteiger partial charge on any atom is -0.206 e. The third-order valence-electron chi connectivity index (χ3n) is 3.82. The molecule has 0 radical (unpaired) electrons. The summed E-state index contributed by atoms with van der Waals surface area (Å²) in [5.74, 6) is -0.167. The lowest BCUT2D eigenvalue weighted by Crippen LogP contribution is -2.32. The van der Waals surface area contributed by atoms with Gasteiger partial charge >= 0.3 is 0 Å². The molecule has 0 atom stereocenters. The van der Waals surface area contributed by atoms with Gasteiger partial charge in [-0.1, -0.05) is 24.3 Å². The summed E-state index contributed by atoms with van der Waals surface area (Å²) in [6, 6.07) is 15.6. The second-order valence-corrected chi connectivity index (χ2v) is 5.27. The molecule has 3 aromatic rings. The van der Waals surface area contributed by atoms with E-state index in [0.717, 1.165) is 27.9 Å². The van der Waals surface area contributed by atoms with E-state index in [-0.39, 0.29) is 5.82 Å². The average Bonchev–Trinajstić information content (AvgIpc) is 2.43. The SMILES string of the molecule is Cc1ccc2c(c1)c(F)cc(-c1ccccc1C)[n+]2C. The van der Waals surface area contributed by atoms with Gasteiger partial charge in [0, 0.05) is 17.7 Å². The number of benzene rings is 2. The van der Waals surface area contributed by atoms with E-state index in [1.54, 1.807) is 6.07 Å². The summed E-state index contributed by atoms with van der Waals surface area (Å²) in [6.07, 6.45) is 0. The summed E-state index contributed by atoms with van der Waals surface area (Å²) < 4.78 is 16.5. The molecule has 1 nitrogen and oxygen atoms in total. The van der Waals surface area contributed by atoms with E-state index in [2.05, 4.69) is 4.57 Å². The third kappa shape index (κ3) is 1.97. The first-order valence-electron chi connectivity index (χ1n) is 6.73. The molecule has 20 heavy (non-hydrogen) atoms. The molecule has 0 spiro atoms. The van der Waals surface area contributed by atoms with E-state index < -0.39 is 0 Å². The number of aromatic nitrogens is 1. The van der Waals surface area contributed by atoms with Crippen molar-refractivity contribution in [3.8, 4) is 11.3 Å². The Bertz CT molecular complexity index is 806. The van der Waals surface area contributed by atoms with Gasteiger partial charge in [-0.2, -0.15) is 4.57 Å². The highest BCUT2D eigenvalue weighted by molar-refractivity contribution is 5.79. The summed E-state index contributed by atoms with van der Waals surface area (Å²) in [5.41, 5.74) is 5.09. The van der Waals surface area contributed by atoms with Crippen LogP contribution in [0.15, 0.2) is 48.5 Å². The lowest BCUT2D eigenvalue weighted by Gasteiger charge is -2.07. The molecule has 0 aliphatic carbocycles. The largest absolute Gasteiger partial charge is 0.215 e. The highest BCUT2D eigenvalue weighted by Gasteiger charge is 2.19. The lowest BCUT2D eigenvalue weighted by molar-refractivity contribution is -0.633. The second kappa shape index (κ2) is 4.71. The molecule has 1 aromatic heterocycles. The minimum atomic E-state index is -0.167. The predicted molar refractivity (Wildman–Crippen MR) is 80.0 cm³/mol. The van der Waals surface area contributed by atoms with Crippen molar-refractivity contribution in [3.63, 3.8) is 0 Å². The molecule has 0 N–H and O–H groups in total. The van der Waals surface area contributed by atoms with Gasteiger partial charge in [0.05, 0.1) is 5.39 Å². The molecule has 2 heteroatoms. The van der Waals surface area contributed by atoms with Gasteiger partial charge < -0.3 is 0 Å². The first-order chi connectivity index (χ1) is 9.58. The smallest absolute Gasteiger partial charge is 0.206 e. The van der Waals surface area contributed by atoms with Crippen LogP contribution in [0.5, 0.6) is 0 Å². The van der Waals surface area contributed by atoms with E-state index in [0.29, 0.717) is 5.39 Å². The van der Waals surface area contributed by atoms with Crippen LogP contribution in [0, 0.1) is 19.7 Å². The Balaban J connectivity index is 2.37. The number of hydrogen-bond donors (Lipinski definition) is 0. The Kier molecular flexibility index (Phi) is 3.01. The molecule has 0 fully saturated rings. The Morgan fingerprint density at radius 1 is 0.950 bits per heavy atom. The number of aryl methyl sites for hydroxylation is 3. The fourth-order valence-corrected chi connectivity index (χ4v) is 2.68. The van der Waals surface area contributed by atoms with E-state index in [9.17, 15) is 4.39 Å². The fraction of sp³-hybridized carbons (Fsp3) is 0.167. The van der Waals surface area contributed by atoms with Crippen LogP contribution in [0.1, 0.15) is 11.1 Å². The first-order valence-corrected chi connectivity index (χ1v) is 6.73. The van der Waals surface area contributed by atoms with Crippen molar-refractivity contribution in [2.75, 3.05) is 0 Å². The number of hydrogen-bond acceptors (Lipinski definition) is 0. The zero-order valence-corrected chi connectivity index (χ0v) is 11.9. The number of fused-ring (bicyclic) bond motifs is 1. The molecule has 3 rings (SSSR count). The second-order valence-electron chi connectivity index (χ2n) is 5.27. The monoisotopic (exact) mass is 266 g/mol. The van der Waals surface area contributed by atoms with Gasteiger partial charge in [0.1, 0.15) is 12.9 Å². The molecule has 0 unspecified atom stereocenters. The van der Waals surface area contributed by atoms with E-state index in [1.165, 1.54) is 0 Å². The van der Waals surface area contributed by atoms with Crippen molar-refractivity contribution in [1.82, 2.24) is 0 Å². The summed E-state index contributed by atoms with van der Waals surface area (Å²) in [5, 5.41) is 0.671. The van der Waals surface area contributed by atoms with Gasteiger partial charge in [0.15, 0.2) is 0 Å². The molecular formula is C18H17FN+. The van der Waals surface area contributed by atoms with E-state index in [1.807, 2.05) is 63.4 Å². The van der Waals surface area contributed by atoms with Crippen LogP contribution in [0.25, 0.3) is 22.2 Å². The van der Waals surface area contributed by atoms with Crippen molar-refractivity contribution in [2.24, 2.45) is 7.05 Å². The summed E-state index contributed by atoms with van der Waals surface area (Å²) >= 11 is 0. The molecule has 0 aliphatic rings. The average molecular weight is 266 g/mol. The van der Waals surface area contributed by atoms with Gasteiger partial charge in [-0.05, 0) is 37.1 Å². The third-order valence-corrected chi connectivity index (χ3v) is 3.82. The normalized spacial score (nSPS) is 11.0. The van der Waals surface area contributed by atoms with Crippen molar-refractivity contribution < 1.29 is 8.96 Å². The fourth-order valence-electron chi connectivity index (χ4n) is 2.68. The maximum Gasteiger partial charge on any atom is 0.215 e. The number of rotatable bonds is 1. The van der Waals surface area contributed by atoms with Crippen LogP contribution in [0.2, 0.25) is 0 Å². The van der Waals surface area contributed by atoms with Gasteiger partial charge in [-0.25, -0.2) is 4.39 Å². The van der Waals surface area contributed by atoms with Gasteiger partial charge in [-0.15, -0.1) is 0 Å². The van der Waals surface area contributed by atoms with Crippen LogP contribution < -0.4 is 4.57 Å². The lowest BCUT2D eigenvalue weighted by atomic mass is 10.0.